The lowest BCUT2D eigenvalue weighted by atomic mass is 10.0. The first-order chi connectivity index (χ1) is 18.2. The molecule has 1 aromatic heterocycles. The molecule has 0 radical (unpaired) electrons. The number of hydrogen-bond acceptors (Lipinski definition) is 8. The summed E-state index contributed by atoms with van der Waals surface area (Å²) in [6.45, 7) is 9.40. The highest BCUT2D eigenvalue weighted by Crippen LogP contribution is 2.41. The molecule has 208 valence electrons. The van der Waals surface area contributed by atoms with Crippen LogP contribution in [0, 0.1) is 15.9 Å². The van der Waals surface area contributed by atoms with Gasteiger partial charge in [-0.15, -0.1) is 0 Å². The van der Waals surface area contributed by atoms with Crippen molar-refractivity contribution < 1.29 is 28.7 Å². The predicted molar refractivity (Wildman–Crippen MR) is 143 cm³/mol. The SMILES string of the molecule is C[C@H]1CN(c2ccc(C(=O)Nc3cc(F)c4nn(C)cc4c3)c(O)c2[N+](=O)[O-])C[C@H](C)N1C(=O)OC(C)(C)C. The first-order valence-electron chi connectivity index (χ1n) is 12.4. The molecule has 2 atom stereocenters. The van der Waals surface area contributed by atoms with Crippen molar-refractivity contribution in [3.05, 3.63) is 52.0 Å². The minimum Gasteiger partial charge on any atom is -0.501 e. The quantitative estimate of drug-likeness (QED) is 0.365. The minimum absolute atomic E-state index is 0.102. The van der Waals surface area contributed by atoms with E-state index in [4.69, 9.17) is 4.74 Å². The molecule has 2 N–H and O–H groups in total. The van der Waals surface area contributed by atoms with Gasteiger partial charge >= 0.3 is 11.8 Å². The van der Waals surface area contributed by atoms with Crippen LogP contribution in [0.3, 0.4) is 0 Å². The van der Waals surface area contributed by atoms with E-state index in [1.54, 1.807) is 57.7 Å². The molecule has 0 unspecified atom stereocenters. The van der Waals surface area contributed by atoms with Gasteiger partial charge in [0.15, 0.2) is 5.82 Å². The maximum absolute atomic E-state index is 14.4. The van der Waals surface area contributed by atoms with Crippen LogP contribution in [-0.4, -0.2) is 67.5 Å². The van der Waals surface area contributed by atoms with Crippen LogP contribution in [-0.2, 0) is 11.8 Å². The van der Waals surface area contributed by atoms with Gasteiger partial charge in [-0.05, 0) is 58.9 Å². The van der Waals surface area contributed by atoms with E-state index in [1.165, 1.54) is 22.9 Å². The van der Waals surface area contributed by atoms with Crippen LogP contribution in [0.2, 0.25) is 0 Å². The number of anilines is 2. The number of phenolic OH excluding ortho intramolecular Hbond substituents is 1. The average Bonchev–Trinajstić information content (AvgIpc) is 3.17. The lowest BCUT2D eigenvalue weighted by molar-refractivity contribution is -0.385. The fourth-order valence-electron chi connectivity index (χ4n) is 4.86. The summed E-state index contributed by atoms with van der Waals surface area (Å²) in [5.74, 6) is -2.31. The molecular formula is C26H31FN6O6. The van der Waals surface area contributed by atoms with Crippen LogP contribution in [0.1, 0.15) is 45.0 Å². The van der Waals surface area contributed by atoms with Crippen molar-refractivity contribution in [3.63, 3.8) is 0 Å². The zero-order valence-corrected chi connectivity index (χ0v) is 22.6. The second-order valence-electron chi connectivity index (χ2n) is 10.7. The van der Waals surface area contributed by atoms with E-state index in [-0.39, 0.29) is 47.6 Å². The summed E-state index contributed by atoms with van der Waals surface area (Å²) in [6.07, 6.45) is 1.10. The minimum atomic E-state index is -0.846. The Morgan fingerprint density at radius 2 is 1.85 bits per heavy atom. The van der Waals surface area contributed by atoms with Gasteiger partial charge in [0.1, 0.15) is 16.8 Å². The number of halogens is 1. The van der Waals surface area contributed by atoms with Crippen molar-refractivity contribution in [1.29, 1.82) is 0 Å². The Morgan fingerprint density at radius 3 is 2.44 bits per heavy atom. The first-order valence-corrected chi connectivity index (χ1v) is 12.4. The fourth-order valence-corrected chi connectivity index (χ4v) is 4.86. The second kappa shape index (κ2) is 10.0. The van der Waals surface area contributed by atoms with Gasteiger partial charge < -0.3 is 20.1 Å². The average molecular weight is 543 g/mol. The number of ether oxygens (including phenoxy) is 1. The zero-order valence-electron chi connectivity index (χ0n) is 22.6. The summed E-state index contributed by atoms with van der Waals surface area (Å²) in [5.41, 5.74) is -1.31. The van der Waals surface area contributed by atoms with E-state index in [0.29, 0.717) is 5.39 Å². The smallest absolute Gasteiger partial charge is 0.410 e. The number of benzene rings is 2. The van der Waals surface area contributed by atoms with E-state index in [1.807, 2.05) is 0 Å². The summed E-state index contributed by atoms with van der Waals surface area (Å²) in [4.78, 5) is 40.3. The van der Waals surface area contributed by atoms with Crippen LogP contribution >= 0.6 is 0 Å². The number of nitrogens with one attached hydrogen (secondary N) is 1. The Balaban J connectivity index is 1.60. The number of hydrogen-bond donors (Lipinski definition) is 2. The Bertz CT molecular complexity index is 1450. The maximum atomic E-state index is 14.4. The van der Waals surface area contributed by atoms with Gasteiger partial charge in [-0.2, -0.15) is 5.10 Å². The number of piperazine rings is 1. The molecule has 0 bridgehead atoms. The molecule has 4 rings (SSSR count). The van der Waals surface area contributed by atoms with Crippen molar-refractivity contribution in [3.8, 4) is 5.75 Å². The summed E-state index contributed by atoms with van der Waals surface area (Å²) in [5, 5.41) is 29.8. The third-order valence-corrected chi connectivity index (χ3v) is 6.36. The molecule has 1 aliphatic rings. The van der Waals surface area contributed by atoms with Crippen molar-refractivity contribution >= 4 is 40.0 Å². The lowest BCUT2D eigenvalue weighted by Crippen LogP contribution is -2.59. The van der Waals surface area contributed by atoms with Crippen LogP contribution in [0.15, 0.2) is 30.5 Å². The number of aryl methyl sites for hydroxylation is 1. The zero-order chi connectivity index (χ0) is 28.8. The van der Waals surface area contributed by atoms with Crippen molar-refractivity contribution in [2.45, 2.75) is 52.3 Å². The molecule has 2 amide bonds. The maximum Gasteiger partial charge on any atom is 0.410 e. The molecule has 0 spiro atoms. The highest BCUT2D eigenvalue weighted by Gasteiger charge is 2.38. The number of carbonyl (C=O) groups is 2. The number of nitrogens with zero attached hydrogens (tertiary/aromatic N) is 5. The number of aromatic hydroxyl groups is 1. The highest BCUT2D eigenvalue weighted by atomic mass is 19.1. The third kappa shape index (κ3) is 5.56. The van der Waals surface area contributed by atoms with E-state index >= 15 is 0 Å². The van der Waals surface area contributed by atoms with Gasteiger partial charge in [0.25, 0.3) is 5.91 Å². The summed E-state index contributed by atoms with van der Waals surface area (Å²) >= 11 is 0. The van der Waals surface area contributed by atoms with E-state index < -0.39 is 39.8 Å². The second-order valence-corrected chi connectivity index (χ2v) is 10.7. The van der Waals surface area contributed by atoms with Gasteiger partial charge in [-0.3, -0.25) is 24.5 Å². The summed E-state index contributed by atoms with van der Waals surface area (Å²) in [7, 11) is 1.63. The molecule has 0 saturated carbocycles. The number of carbonyl (C=O) groups excluding carboxylic acids is 2. The molecule has 39 heavy (non-hydrogen) atoms. The van der Waals surface area contributed by atoms with Gasteiger partial charge in [0.05, 0.1) is 22.6 Å². The Morgan fingerprint density at radius 1 is 1.21 bits per heavy atom. The third-order valence-electron chi connectivity index (χ3n) is 6.36. The largest absolute Gasteiger partial charge is 0.501 e. The highest BCUT2D eigenvalue weighted by molar-refractivity contribution is 6.08. The normalized spacial score (nSPS) is 17.8. The fraction of sp³-hybridized carbons (Fsp3) is 0.423. The van der Waals surface area contributed by atoms with E-state index in [9.17, 15) is 29.2 Å². The van der Waals surface area contributed by atoms with Gasteiger partial charge in [0, 0.05) is 37.4 Å². The standard InChI is InChI=1S/C26H31FN6O6/c1-14-11-31(12-15(2)32(14)25(36)39-26(3,4)5)20-8-7-18(23(34)22(20)33(37)38)24(35)28-17-9-16-13-30(6)29-21(16)19(27)10-17/h7-10,13-15,34H,11-12H2,1-6H3,(H,28,35)/t14-,15-/m0/s1. The molecule has 13 heteroatoms. The topological polar surface area (TPSA) is 143 Å². The van der Waals surface area contributed by atoms with Crippen LogP contribution in [0.25, 0.3) is 10.9 Å². The number of nitro benzene ring substituents is 1. The molecule has 1 saturated heterocycles. The van der Waals surface area contributed by atoms with E-state index in [0.717, 1.165) is 6.07 Å². The number of nitro groups is 1. The van der Waals surface area contributed by atoms with Crippen LogP contribution < -0.4 is 10.2 Å². The number of amides is 2. The number of fused-ring (bicyclic) bond motifs is 1. The van der Waals surface area contributed by atoms with Crippen molar-refractivity contribution in [1.82, 2.24) is 14.7 Å². The molecule has 3 aromatic rings. The summed E-state index contributed by atoms with van der Waals surface area (Å²) < 4.78 is 21.4. The number of phenols is 1. The molecular weight excluding hydrogens is 511 g/mol. The molecule has 1 fully saturated rings. The van der Waals surface area contributed by atoms with Gasteiger partial charge in [-0.25, -0.2) is 9.18 Å². The molecule has 0 aliphatic carbocycles. The van der Waals surface area contributed by atoms with Gasteiger partial charge in [0.2, 0.25) is 5.75 Å². The molecule has 2 heterocycles. The predicted octanol–water partition coefficient (Wildman–Crippen LogP) is 4.41. The first kappa shape index (κ1) is 27.6. The van der Waals surface area contributed by atoms with E-state index in [2.05, 4.69) is 10.4 Å². The van der Waals surface area contributed by atoms with Crippen LogP contribution in [0.5, 0.6) is 5.75 Å². The van der Waals surface area contributed by atoms with Crippen LogP contribution in [0.4, 0.5) is 26.2 Å². The molecule has 12 nitrogen and oxygen atoms in total. The summed E-state index contributed by atoms with van der Waals surface area (Å²) in [6, 6.07) is 4.55. The Kier molecular flexibility index (Phi) is 7.11. The Hall–Kier alpha value is -4.42. The number of rotatable bonds is 4. The van der Waals surface area contributed by atoms with Gasteiger partial charge in [-0.1, -0.05) is 0 Å². The monoisotopic (exact) mass is 542 g/mol. The molecule has 2 aromatic carbocycles. The van der Waals surface area contributed by atoms with Crippen molar-refractivity contribution in [2.75, 3.05) is 23.3 Å². The Labute approximate surface area is 224 Å². The number of aromatic nitrogens is 2. The lowest BCUT2D eigenvalue weighted by Gasteiger charge is -2.45. The molecule has 1 aliphatic heterocycles. The van der Waals surface area contributed by atoms with Crippen molar-refractivity contribution in [2.24, 2.45) is 7.05 Å².